The number of unbranched alkanes of at least 4 members (excludes halogenated alkanes) is 1. The van der Waals surface area contributed by atoms with E-state index in [9.17, 15) is 53.1 Å². The van der Waals surface area contributed by atoms with E-state index in [0.717, 1.165) is 22.3 Å². The molecule has 0 unspecified atom stereocenters. The first-order valence-electron chi connectivity index (χ1n) is 28.1. The van der Waals surface area contributed by atoms with Crippen LogP contribution in [0, 0.1) is 0 Å². The molecular formula is C61H81N9O16. The van der Waals surface area contributed by atoms with Crippen molar-refractivity contribution in [2.24, 2.45) is 5.73 Å². The smallest absolute Gasteiger partial charge is 0.408 e. The number of carboxylic acid groups (broad SMARTS) is 1. The van der Waals surface area contributed by atoms with E-state index in [2.05, 4.69) is 42.5 Å². The zero-order valence-corrected chi connectivity index (χ0v) is 49.3. The highest BCUT2D eigenvalue weighted by molar-refractivity contribution is 5.96. The summed E-state index contributed by atoms with van der Waals surface area (Å²) in [5.74, 6) is -7.61. The number of benzene rings is 4. The molecule has 0 aliphatic rings. The van der Waals surface area contributed by atoms with Crippen molar-refractivity contribution in [3.63, 3.8) is 0 Å². The maximum Gasteiger partial charge on any atom is 0.408 e. The molecule has 0 aliphatic heterocycles. The van der Waals surface area contributed by atoms with Crippen LogP contribution in [0.1, 0.15) is 95.9 Å². The Labute approximate surface area is 500 Å². The topological polar surface area (TPSA) is 359 Å². The SMILES string of the molecule is C[C@@H](OCc1ccccc1)[C@H](NC(=O)[C@H](CCCCNC(=O)OCc1ccccc1)NC(=O)CNC(=O)[C@@H](NC(=O)CNC(=O)[C@@H](NC(=O)[C@H](CCC(N)=O)NC(=O)OC(C)(C)C)[C@@H](C)OCc1ccccc1)[C@@H](C)OCc1ccccc1)C(=O)O. The number of carboxylic acids is 1. The number of primary amides is 1. The summed E-state index contributed by atoms with van der Waals surface area (Å²) in [5, 5.41) is 30.3. The minimum absolute atomic E-state index is 0.00426. The lowest BCUT2D eigenvalue weighted by Crippen LogP contribution is -2.59. The van der Waals surface area contributed by atoms with Crippen LogP contribution in [0.25, 0.3) is 0 Å². The second-order valence-corrected chi connectivity index (χ2v) is 21.1. The molecule has 0 spiro atoms. The Morgan fingerprint density at radius 3 is 1.29 bits per heavy atom. The fourth-order valence-corrected chi connectivity index (χ4v) is 8.11. The van der Waals surface area contributed by atoms with Gasteiger partial charge in [-0.15, -0.1) is 0 Å². The number of amides is 9. The van der Waals surface area contributed by atoms with Gasteiger partial charge in [-0.05, 0) is 89.5 Å². The molecule has 0 aromatic heterocycles. The number of hydrogen-bond acceptors (Lipinski definition) is 15. The molecule has 0 saturated carbocycles. The maximum absolute atomic E-state index is 14.1. The van der Waals surface area contributed by atoms with Gasteiger partial charge in [0.25, 0.3) is 0 Å². The zero-order chi connectivity index (χ0) is 63.0. The van der Waals surface area contributed by atoms with E-state index in [1.54, 1.807) is 118 Å². The Kier molecular flexibility index (Phi) is 29.7. The summed E-state index contributed by atoms with van der Waals surface area (Å²) in [6.45, 7) is 7.94. The molecule has 0 heterocycles. The zero-order valence-electron chi connectivity index (χ0n) is 49.3. The normalized spacial score (nSPS) is 13.9. The van der Waals surface area contributed by atoms with Gasteiger partial charge in [-0.2, -0.15) is 0 Å². The second kappa shape index (κ2) is 36.7. The number of rotatable bonds is 36. The van der Waals surface area contributed by atoms with Crippen molar-refractivity contribution < 1.29 is 76.7 Å². The van der Waals surface area contributed by atoms with E-state index in [-0.39, 0.29) is 58.7 Å². The van der Waals surface area contributed by atoms with E-state index in [1.807, 2.05) is 24.3 Å². The summed E-state index contributed by atoms with van der Waals surface area (Å²) in [7, 11) is 0. The van der Waals surface area contributed by atoms with Gasteiger partial charge in [0.15, 0.2) is 6.04 Å². The minimum atomic E-state index is -1.56. The second-order valence-electron chi connectivity index (χ2n) is 21.1. The molecule has 25 heteroatoms. The maximum atomic E-state index is 14.1. The number of carbonyl (C=O) groups is 10. The molecule has 4 aromatic carbocycles. The van der Waals surface area contributed by atoms with Gasteiger partial charge >= 0.3 is 18.2 Å². The van der Waals surface area contributed by atoms with Crippen LogP contribution in [0.5, 0.6) is 0 Å². The highest BCUT2D eigenvalue weighted by Crippen LogP contribution is 2.13. The summed E-state index contributed by atoms with van der Waals surface area (Å²) in [6.07, 6.45) is -4.97. The van der Waals surface area contributed by atoms with Gasteiger partial charge < -0.3 is 77.1 Å². The third kappa shape index (κ3) is 27.2. The third-order valence-corrected chi connectivity index (χ3v) is 12.8. The van der Waals surface area contributed by atoms with Crippen LogP contribution < -0.4 is 48.3 Å². The van der Waals surface area contributed by atoms with Crippen molar-refractivity contribution in [1.29, 1.82) is 0 Å². The lowest BCUT2D eigenvalue weighted by atomic mass is 10.1. The first-order chi connectivity index (χ1) is 41.0. The monoisotopic (exact) mass is 1200 g/mol. The van der Waals surface area contributed by atoms with Gasteiger partial charge in [-0.1, -0.05) is 121 Å². The van der Waals surface area contributed by atoms with Crippen molar-refractivity contribution in [3.8, 4) is 0 Å². The first-order valence-corrected chi connectivity index (χ1v) is 28.1. The summed E-state index contributed by atoms with van der Waals surface area (Å²) >= 11 is 0. The quantitative estimate of drug-likeness (QED) is 0.0292. The molecule has 4 aromatic rings. The minimum Gasteiger partial charge on any atom is -0.480 e. The van der Waals surface area contributed by atoms with Crippen molar-refractivity contribution in [1.82, 2.24) is 42.5 Å². The van der Waals surface area contributed by atoms with E-state index in [0.29, 0.717) is 6.42 Å². The molecule has 466 valence electrons. The molecule has 9 amide bonds. The molecule has 11 N–H and O–H groups in total. The molecular weight excluding hydrogens is 1110 g/mol. The largest absolute Gasteiger partial charge is 0.480 e. The molecule has 86 heavy (non-hydrogen) atoms. The van der Waals surface area contributed by atoms with Crippen LogP contribution in [0.2, 0.25) is 0 Å². The van der Waals surface area contributed by atoms with Crippen LogP contribution in [-0.2, 0) is 88.5 Å². The highest BCUT2D eigenvalue weighted by atomic mass is 16.6. The summed E-state index contributed by atoms with van der Waals surface area (Å²) in [5.41, 5.74) is 7.40. The summed E-state index contributed by atoms with van der Waals surface area (Å²) in [6, 6.07) is 28.4. The van der Waals surface area contributed by atoms with E-state index >= 15 is 0 Å². The van der Waals surface area contributed by atoms with Gasteiger partial charge in [-0.3, -0.25) is 33.6 Å². The van der Waals surface area contributed by atoms with Crippen LogP contribution in [0.15, 0.2) is 121 Å². The molecule has 0 bridgehead atoms. The fraction of sp³-hybridized carbons (Fsp3) is 0.443. The summed E-state index contributed by atoms with van der Waals surface area (Å²) in [4.78, 5) is 133. The lowest BCUT2D eigenvalue weighted by molar-refractivity contribution is -0.147. The molecule has 25 nitrogen and oxygen atoms in total. The number of nitrogens with two attached hydrogens (primary N) is 1. The fourth-order valence-electron chi connectivity index (χ4n) is 8.11. The number of hydrogen-bond donors (Lipinski definition) is 10. The Balaban J connectivity index is 1.48. The molecule has 0 fully saturated rings. The van der Waals surface area contributed by atoms with Crippen molar-refractivity contribution in [2.75, 3.05) is 19.6 Å². The predicted molar refractivity (Wildman–Crippen MR) is 314 cm³/mol. The number of carbonyl (C=O) groups excluding carboxylic acids is 9. The Bertz CT molecular complexity index is 2810. The number of ether oxygens (including phenoxy) is 5. The average molecular weight is 1200 g/mol. The third-order valence-electron chi connectivity index (χ3n) is 12.8. The summed E-state index contributed by atoms with van der Waals surface area (Å²) < 4.78 is 28.4. The Morgan fingerprint density at radius 2 is 0.860 bits per heavy atom. The van der Waals surface area contributed by atoms with E-state index in [4.69, 9.17) is 29.4 Å². The number of nitrogens with one attached hydrogen (secondary N) is 8. The number of alkyl carbamates (subject to hydrolysis) is 2. The van der Waals surface area contributed by atoms with Gasteiger partial charge in [-0.25, -0.2) is 14.4 Å². The van der Waals surface area contributed by atoms with E-state index in [1.165, 1.54) is 20.8 Å². The van der Waals surface area contributed by atoms with Gasteiger partial charge in [0.1, 0.15) is 36.4 Å². The van der Waals surface area contributed by atoms with E-state index < -0.39 is 127 Å². The van der Waals surface area contributed by atoms with Crippen LogP contribution >= 0.6 is 0 Å². The van der Waals surface area contributed by atoms with Gasteiger partial charge in [0.05, 0.1) is 51.2 Å². The standard InChI is InChI=1S/C61H81N9O16/c1-39(82-35-42-21-11-7-12-22-42)51(68-50(73)34-65-57(77)52(40(2)83-36-43-23-13-8-14-24-43)69-55(75)47(30-31-48(62)71)67-60(81)86-61(4,5)6)56(76)64-33-49(72)66-46(29-19-20-32-63-59(80)85-38-45-27-17-10-18-28-45)54(74)70-53(58(78)79)41(3)84-37-44-25-15-9-16-26-44/h7-18,21-28,39-41,46-47,51-53H,19-20,29-38H2,1-6H3,(H2,62,71)(H,63,80)(H,64,76)(H,65,77)(H,66,72)(H,67,81)(H,68,73)(H,69,75)(H,70,74)(H,78,79)/t39-,40-,41-,46+,47+,51+,52+,53+/m1/s1. The first kappa shape index (κ1) is 69.6. The van der Waals surface area contributed by atoms with Crippen LogP contribution in [0.3, 0.4) is 0 Å². The molecule has 8 atom stereocenters. The molecule has 0 saturated heterocycles. The molecule has 0 radical (unpaired) electrons. The average Bonchev–Trinajstić information content (AvgIpc) is 3.59. The van der Waals surface area contributed by atoms with Gasteiger partial charge in [0, 0.05) is 13.0 Å². The van der Waals surface area contributed by atoms with Crippen molar-refractivity contribution in [2.45, 2.75) is 154 Å². The lowest BCUT2D eigenvalue weighted by Gasteiger charge is -2.28. The predicted octanol–water partition coefficient (Wildman–Crippen LogP) is 3.31. The Hall–Kier alpha value is -8.94. The number of aliphatic carboxylic acids is 1. The van der Waals surface area contributed by atoms with Gasteiger partial charge in [0.2, 0.25) is 41.4 Å². The molecule has 4 rings (SSSR count). The van der Waals surface area contributed by atoms with Crippen molar-refractivity contribution in [3.05, 3.63) is 144 Å². The molecule has 0 aliphatic carbocycles. The van der Waals surface area contributed by atoms with Crippen LogP contribution in [-0.4, -0.2) is 138 Å². The van der Waals surface area contributed by atoms with Crippen molar-refractivity contribution >= 4 is 59.5 Å². The highest BCUT2D eigenvalue weighted by Gasteiger charge is 2.35. The Morgan fingerprint density at radius 1 is 0.465 bits per heavy atom. The van der Waals surface area contributed by atoms with Crippen LogP contribution in [0.4, 0.5) is 9.59 Å².